The van der Waals surface area contributed by atoms with Gasteiger partial charge in [-0.2, -0.15) is 0 Å². The van der Waals surface area contributed by atoms with Crippen LogP contribution in [0.2, 0.25) is 0 Å². The highest BCUT2D eigenvalue weighted by Gasteiger charge is 2.14. The van der Waals surface area contributed by atoms with Crippen molar-refractivity contribution in [2.75, 3.05) is 12.8 Å². The number of nitrogens with two attached hydrogens (primary N) is 1. The van der Waals surface area contributed by atoms with Gasteiger partial charge in [0.15, 0.2) is 0 Å². The molecule has 0 unspecified atom stereocenters. The van der Waals surface area contributed by atoms with Crippen LogP contribution in [0.5, 0.6) is 0 Å². The van der Waals surface area contributed by atoms with Crippen LogP contribution in [0, 0.1) is 6.92 Å². The monoisotopic (exact) mass is 246 g/mol. The van der Waals surface area contributed by atoms with Crippen LogP contribution in [-0.2, 0) is 0 Å². The van der Waals surface area contributed by atoms with Gasteiger partial charge < -0.3 is 15.1 Å². The molecule has 0 amide bonds. The highest BCUT2D eigenvalue weighted by atomic mass is 16.1. The van der Waals surface area contributed by atoms with Gasteiger partial charge >= 0.3 is 0 Å². The lowest BCUT2D eigenvalue weighted by Gasteiger charge is -2.30. The van der Waals surface area contributed by atoms with E-state index in [4.69, 9.17) is 13.7 Å². The Morgan fingerprint density at radius 1 is 1.44 bits per heavy atom. The zero-order valence-electron chi connectivity index (χ0n) is 11.6. The summed E-state index contributed by atoms with van der Waals surface area (Å²) in [6, 6.07) is 0. The lowest BCUT2D eigenvalue weighted by atomic mass is 10.1. The molecule has 6 heteroatoms. The van der Waals surface area contributed by atoms with Crippen LogP contribution in [-0.4, -0.2) is 34.9 Å². The summed E-state index contributed by atoms with van der Waals surface area (Å²) in [5.74, 6) is 0.580. The average molecular weight is 246 g/mol. The van der Waals surface area contributed by atoms with Gasteiger partial charge in [0, 0.05) is 18.8 Å². The van der Waals surface area contributed by atoms with Crippen molar-refractivity contribution < 1.29 is 0 Å². The SMILES string of the molecule is [B]n1c(C)nc(N)c(/C=C\N(C)C(C)(C)C)c1=O. The standard InChI is InChI=1S/C12H19BN4O/c1-8-15-10(14)9(11(18)17(8)13)6-7-16(5)12(2,3)4/h6-7H,14H2,1-5H3/b7-6-. The smallest absolute Gasteiger partial charge is 0.249 e. The number of rotatable bonds is 2. The van der Waals surface area contributed by atoms with Crippen LogP contribution in [0.3, 0.4) is 0 Å². The molecular weight excluding hydrogens is 227 g/mol. The van der Waals surface area contributed by atoms with Gasteiger partial charge in [-0.3, -0.25) is 4.79 Å². The Bertz CT molecular complexity index is 528. The molecule has 0 aliphatic heterocycles. The molecule has 1 heterocycles. The van der Waals surface area contributed by atoms with E-state index in [2.05, 4.69) is 25.8 Å². The van der Waals surface area contributed by atoms with E-state index in [1.165, 1.54) is 0 Å². The van der Waals surface area contributed by atoms with Crippen molar-refractivity contribution >= 4 is 19.9 Å². The summed E-state index contributed by atoms with van der Waals surface area (Å²) in [4.78, 5) is 17.9. The Morgan fingerprint density at radius 2 is 2.00 bits per heavy atom. The van der Waals surface area contributed by atoms with Crippen molar-refractivity contribution in [1.29, 1.82) is 0 Å². The minimum atomic E-state index is -0.349. The molecule has 2 radical (unpaired) electrons. The van der Waals surface area contributed by atoms with Crippen LogP contribution in [0.15, 0.2) is 11.0 Å². The Balaban J connectivity index is 3.18. The van der Waals surface area contributed by atoms with Crippen molar-refractivity contribution in [3.05, 3.63) is 27.9 Å². The maximum Gasteiger partial charge on any atom is 0.249 e. The molecule has 5 nitrogen and oxygen atoms in total. The summed E-state index contributed by atoms with van der Waals surface area (Å²) in [5, 5.41) is 0. The van der Waals surface area contributed by atoms with Gasteiger partial charge in [0.2, 0.25) is 13.5 Å². The fraction of sp³-hybridized carbons (Fsp3) is 0.500. The van der Waals surface area contributed by atoms with E-state index in [1.807, 2.05) is 11.9 Å². The van der Waals surface area contributed by atoms with Gasteiger partial charge in [0.1, 0.15) is 5.82 Å². The number of hydrogen-bond donors (Lipinski definition) is 1. The minimum absolute atomic E-state index is 0.0366. The van der Waals surface area contributed by atoms with E-state index in [0.29, 0.717) is 11.4 Å². The summed E-state index contributed by atoms with van der Waals surface area (Å²) < 4.78 is 0.993. The van der Waals surface area contributed by atoms with Gasteiger partial charge in [-0.05, 0) is 33.8 Å². The molecule has 1 aromatic rings. The summed E-state index contributed by atoms with van der Waals surface area (Å²) in [7, 11) is 7.51. The zero-order chi connectivity index (χ0) is 14.1. The van der Waals surface area contributed by atoms with Crippen LogP contribution < -0.4 is 11.3 Å². The fourth-order valence-electron chi connectivity index (χ4n) is 1.24. The molecule has 0 spiro atoms. The fourth-order valence-corrected chi connectivity index (χ4v) is 1.24. The lowest BCUT2D eigenvalue weighted by molar-refractivity contribution is 0.251. The summed E-state index contributed by atoms with van der Waals surface area (Å²) in [6.45, 7) is 7.83. The van der Waals surface area contributed by atoms with Crippen LogP contribution in [0.1, 0.15) is 32.2 Å². The number of anilines is 1. The molecule has 1 aromatic heterocycles. The number of hydrogen-bond acceptors (Lipinski definition) is 4. The van der Waals surface area contributed by atoms with Gasteiger partial charge in [0.05, 0.1) is 11.4 Å². The van der Waals surface area contributed by atoms with E-state index in [1.54, 1.807) is 19.2 Å². The summed E-state index contributed by atoms with van der Waals surface area (Å²) in [6.07, 6.45) is 3.43. The number of nitrogen functional groups attached to an aromatic ring is 1. The molecule has 0 bridgehead atoms. The first kappa shape index (κ1) is 14.3. The Morgan fingerprint density at radius 3 is 2.50 bits per heavy atom. The van der Waals surface area contributed by atoms with Gasteiger partial charge in [0.25, 0.3) is 0 Å². The van der Waals surface area contributed by atoms with Crippen LogP contribution in [0.25, 0.3) is 6.08 Å². The molecule has 0 aromatic carbocycles. The zero-order valence-corrected chi connectivity index (χ0v) is 11.6. The predicted octanol–water partition coefficient (Wildman–Crippen LogP) is 0.767. The normalized spacial score (nSPS) is 12.1. The highest BCUT2D eigenvalue weighted by Crippen LogP contribution is 2.13. The second-order valence-corrected chi connectivity index (χ2v) is 5.23. The first-order valence-corrected chi connectivity index (χ1v) is 5.70. The molecule has 0 aliphatic carbocycles. The maximum absolute atomic E-state index is 11.9. The minimum Gasteiger partial charge on any atom is -0.383 e. The predicted molar refractivity (Wildman–Crippen MR) is 75.3 cm³/mol. The first-order chi connectivity index (χ1) is 8.14. The molecule has 0 aliphatic rings. The van der Waals surface area contributed by atoms with Crippen LogP contribution >= 0.6 is 0 Å². The van der Waals surface area contributed by atoms with E-state index in [-0.39, 0.29) is 16.9 Å². The van der Waals surface area contributed by atoms with Crippen molar-refractivity contribution in [2.45, 2.75) is 33.2 Å². The quantitative estimate of drug-likeness (QED) is 0.782. The Labute approximate surface area is 109 Å². The summed E-state index contributed by atoms with van der Waals surface area (Å²) in [5.41, 5.74) is 5.66. The third-order valence-corrected chi connectivity index (χ3v) is 2.88. The molecule has 1 rings (SSSR count). The highest BCUT2D eigenvalue weighted by molar-refractivity contribution is 6.06. The van der Waals surface area contributed by atoms with E-state index < -0.39 is 0 Å². The lowest BCUT2D eigenvalue weighted by Crippen LogP contribution is -2.33. The topological polar surface area (TPSA) is 64.2 Å². The summed E-state index contributed by atoms with van der Waals surface area (Å²) >= 11 is 0. The van der Waals surface area contributed by atoms with Crippen molar-refractivity contribution in [3.8, 4) is 0 Å². The van der Waals surface area contributed by atoms with Crippen molar-refractivity contribution in [2.24, 2.45) is 0 Å². The molecule has 96 valence electrons. The number of aryl methyl sites for hydroxylation is 1. The third kappa shape index (κ3) is 2.94. The first-order valence-electron chi connectivity index (χ1n) is 5.70. The van der Waals surface area contributed by atoms with Gasteiger partial charge in [-0.1, -0.05) is 0 Å². The van der Waals surface area contributed by atoms with Crippen molar-refractivity contribution in [1.82, 2.24) is 14.4 Å². The van der Waals surface area contributed by atoms with E-state index >= 15 is 0 Å². The average Bonchev–Trinajstić information content (AvgIpc) is 2.24. The molecule has 0 atom stereocenters. The third-order valence-electron chi connectivity index (χ3n) is 2.88. The molecule has 0 saturated heterocycles. The largest absolute Gasteiger partial charge is 0.383 e. The Kier molecular flexibility index (Phi) is 3.89. The van der Waals surface area contributed by atoms with Gasteiger partial charge in [-0.15, -0.1) is 0 Å². The molecule has 0 fully saturated rings. The van der Waals surface area contributed by atoms with Crippen molar-refractivity contribution in [3.63, 3.8) is 0 Å². The van der Waals surface area contributed by atoms with E-state index in [0.717, 1.165) is 4.48 Å². The molecule has 0 saturated carbocycles. The molecule has 18 heavy (non-hydrogen) atoms. The second kappa shape index (κ2) is 4.88. The number of nitrogens with zero attached hydrogens (tertiary/aromatic N) is 3. The Hall–Kier alpha value is -1.72. The van der Waals surface area contributed by atoms with Gasteiger partial charge in [-0.25, -0.2) is 4.98 Å². The maximum atomic E-state index is 11.9. The molecule has 2 N–H and O–H groups in total. The second-order valence-electron chi connectivity index (χ2n) is 5.23. The van der Waals surface area contributed by atoms with Crippen LogP contribution in [0.4, 0.5) is 5.82 Å². The number of aromatic nitrogens is 2. The van der Waals surface area contributed by atoms with E-state index in [9.17, 15) is 4.79 Å². The molecular formula is C12H19BN4O.